The Balaban J connectivity index is 1.49. The molecule has 3 fully saturated rings. The summed E-state index contributed by atoms with van der Waals surface area (Å²) >= 11 is 36.3. The molecule has 0 unspecified atom stereocenters. The Bertz CT molecular complexity index is 2240. The normalized spacial score (nSPS) is 27.4. The second-order valence-electron chi connectivity index (χ2n) is 16.9. The van der Waals surface area contributed by atoms with Gasteiger partial charge in [-0.25, -0.2) is 18.2 Å². The molecule has 354 valence electrons. The summed E-state index contributed by atoms with van der Waals surface area (Å²) in [5.41, 5.74) is -6.38. The highest BCUT2D eigenvalue weighted by Crippen LogP contribution is 2.62. The van der Waals surface area contributed by atoms with Gasteiger partial charge in [0.15, 0.2) is 0 Å². The molecule has 2 aliphatic carbocycles. The number of amides is 4. The molecule has 2 aromatic rings. The van der Waals surface area contributed by atoms with Crippen LogP contribution < -0.4 is 19.5 Å². The van der Waals surface area contributed by atoms with Crippen LogP contribution >= 0.6 is 69.6 Å². The number of ether oxygens (including phenoxy) is 2. The van der Waals surface area contributed by atoms with Gasteiger partial charge in [-0.05, 0) is 86.4 Å². The first-order valence-electron chi connectivity index (χ1n) is 20.5. The van der Waals surface area contributed by atoms with Crippen LogP contribution in [0.2, 0.25) is 0 Å². The number of pyridine rings is 1. The van der Waals surface area contributed by atoms with Crippen molar-refractivity contribution in [3.05, 3.63) is 42.6 Å². The molecule has 24 heteroatoms. The zero-order valence-corrected chi connectivity index (χ0v) is 39.9. The molecule has 0 spiro atoms. The molecule has 2 aliphatic heterocycles. The second-order valence-corrected chi connectivity index (χ2v) is 23.4. The maximum Gasteiger partial charge on any atom is 0.420 e. The first-order valence-corrected chi connectivity index (χ1v) is 24.3. The number of fused-ring (bicyclic) bond motifs is 3. The molecule has 1 aromatic carbocycles. The van der Waals surface area contributed by atoms with Crippen molar-refractivity contribution >= 4 is 114 Å². The lowest BCUT2D eigenvalue weighted by atomic mass is 9.84. The average Bonchev–Trinajstić information content (AvgIpc) is 4.10. The van der Waals surface area contributed by atoms with Gasteiger partial charge in [-0.1, -0.05) is 103 Å². The van der Waals surface area contributed by atoms with E-state index in [4.69, 9.17) is 79.1 Å². The largest absolute Gasteiger partial charge is 0.494 e. The number of hydrogen-bond acceptors (Lipinski definition) is 9. The highest BCUT2D eigenvalue weighted by Gasteiger charge is 2.81. The molecule has 4 aliphatic rings. The number of rotatable bonds is 10. The first kappa shape index (κ1) is 50.5. The number of nitrogens with one attached hydrogen (secondary N) is 2. The third-order valence-electron chi connectivity index (χ3n) is 12.1. The predicted molar refractivity (Wildman–Crippen MR) is 235 cm³/mol. The Morgan fingerprint density at radius 1 is 1.05 bits per heavy atom. The van der Waals surface area contributed by atoms with Gasteiger partial charge in [0.25, 0.3) is 5.91 Å². The maximum atomic E-state index is 15.7. The van der Waals surface area contributed by atoms with Crippen LogP contribution in [0, 0.1) is 17.8 Å². The van der Waals surface area contributed by atoms with E-state index >= 15 is 18.0 Å². The van der Waals surface area contributed by atoms with E-state index < -0.39 is 111 Å². The van der Waals surface area contributed by atoms with Crippen molar-refractivity contribution in [2.75, 3.05) is 13.2 Å². The monoisotopic (exact) mass is 1040 g/mol. The van der Waals surface area contributed by atoms with Crippen molar-refractivity contribution in [2.45, 2.75) is 120 Å². The van der Waals surface area contributed by atoms with E-state index in [9.17, 15) is 27.9 Å². The fourth-order valence-corrected chi connectivity index (χ4v) is 12.5. The Morgan fingerprint density at radius 2 is 1.72 bits per heavy atom. The Morgan fingerprint density at radius 3 is 2.31 bits per heavy atom. The van der Waals surface area contributed by atoms with Crippen LogP contribution in [0.25, 0.3) is 10.8 Å². The van der Waals surface area contributed by atoms with E-state index in [0.29, 0.717) is 48.8 Å². The van der Waals surface area contributed by atoms with E-state index in [1.54, 1.807) is 43.3 Å². The van der Waals surface area contributed by atoms with Gasteiger partial charge >= 0.3 is 12.3 Å². The van der Waals surface area contributed by atoms with E-state index in [0.717, 1.165) is 11.3 Å². The number of carbonyl (C=O) groups excluding carboxylic acids is 3. The fourth-order valence-electron chi connectivity index (χ4n) is 8.70. The summed E-state index contributed by atoms with van der Waals surface area (Å²) in [5, 5.41) is 13.8. The average molecular weight is 1040 g/mol. The summed E-state index contributed by atoms with van der Waals surface area (Å²) in [5.74, 6) is -5.27. The molecular weight excluding hydrogens is 996 g/mol. The molecule has 0 radical (unpaired) electrons. The molecule has 3 N–H and O–H groups in total. The van der Waals surface area contributed by atoms with Gasteiger partial charge in [-0.15, -0.1) is 0 Å². The lowest BCUT2D eigenvalue weighted by molar-refractivity contribution is -0.231. The third-order valence-corrected chi connectivity index (χ3v) is 15.6. The molecule has 6 rings (SSSR count). The van der Waals surface area contributed by atoms with Crippen molar-refractivity contribution in [1.82, 2.24) is 24.8 Å². The molecule has 1 aromatic heterocycles. The molecule has 64 heavy (non-hydrogen) atoms. The van der Waals surface area contributed by atoms with Crippen LogP contribution in [0.15, 0.2) is 42.6 Å². The zero-order valence-electron chi connectivity index (χ0n) is 34.5. The van der Waals surface area contributed by atoms with Gasteiger partial charge in [0.05, 0.1) is 18.4 Å². The molecule has 7 atom stereocenters. The number of sulfonamides is 1. The minimum atomic E-state index is -5.99. The smallest absolute Gasteiger partial charge is 0.420 e. The number of allylic oxidation sites excluding steroid dienone is 1. The quantitative estimate of drug-likeness (QED) is 0.155. The van der Waals surface area contributed by atoms with Gasteiger partial charge in [0.1, 0.15) is 29.5 Å². The summed E-state index contributed by atoms with van der Waals surface area (Å²) < 4.78 is 79.7. The summed E-state index contributed by atoms with van der Waals surface area (Å²) in [4.78, 5) is 62.1. The van der Waals surface area contributed by atoms with E-state index in [1.165, 1.54) is 13.1 Å². The zero-order chi connectivity index (χ0) is 47.4. The molecule has 0 bridgehead atoms. The Kier molecular flexibility index (Phi) is 14.7. The summed E-state index contributed by atoms with van der Waals surface area (Å²) in [6.45, 7) is 4.88. The van der Waals surface area contributed by atoms with Gasteiger partial charge in [-0.3, -0.25) is 24.0 Å². The summed E-state index contributed by atoms with van der Waals surface area (Å²) in [7, 11) is -4.11. The van der Waals surface area contributed by atoms with Crippen molar-refractivity contribution < 1.29 is 55.3 Å². The van der Waals surface area contributed by atoms with Crippen LogP contribution in [-0.2, 0) is 24.4 Å². The van der Waals surface area contributed by atoms with Crippen LogP contribution in [0.3, 0.4) is 0 Å². The summed E-state index contributed by atoms with van der Waals surface area (Å²) in [6.07, 6.45) is -3.19. The van der Waals surface area contributed by atoms with Crippen molar-refractivity contribution in [2.24, 2.45) is 17.8 Å². The van der Waals surface area contributed by atoms with E-state index in [2.05, 4.69) is 15.0 Å². The minimum Gasteiger partial charge on any atom is -0.494 e. The topological polar surface area (TPSA) is 185 Å². The Labute approximate surface area is 397 Å². The number of benzene rings is 1. The third kappa shape index (κ3) is 9.89. The highest BCUT2D eigenvalue weighted by molar-refractivity contribution is 7.91. The lowest BCUT2D eigenvalue weighted by Gasteiger charge is -2.54. The molecule has 1 saturated heterocycles. The van der Waals surface area contributed by atoms with Crippen LogP contribution in [0.4, 0.5) is 18.0 Å². The molecule has 14 nitrogen and oxygen atoms in total. The van der Waals surface area contributed by atoms with E-state index in [1.807, 2.05) is 6.92 Å². The van der Waals surface area contributed by atoms with Crippen molar-refractivity contribution in [3.8, 4) is 11.6 Å². The lowest BCUT2D eigenvalue weighted by Crippen LogP contribution is -2.78. The highest BCUT2D eigenvalue weighted by atomic mass is 35.6. The number of alkyl halides is 9. The van der Waals surface area contributed by atoms with Crippen LogP contribution in [-0.4, -0.2) is 114 Å². The molecule has 4 amide bonds. The van der Waals surface area contributed by atoms with Gasteiger partial charge in [-0.2, -0.15) is 13.2 Å². The summed E-state index contributed by atoms with van der Waals surface area (Å²) in [6, 6.07) is 2.66. The van der Waals surface area contributed by atoms with Crippen LogP contribution in [0.1, 0.15) is 72.1 Å². The SMILES string of the molecule is CCCOc1ccc2c(O[C@@H]3C[C@H]4C(=O)N[C@]5(C(=O)NS(=O)(=O)C6CC6)C[C@H]5C=CCC[C@@H](C)C[C@@H](C)[C@H](N(C(=O)O)C(C(F)(F)F)(C(Cl)(Cl)Cl)C(Cl)(Cl)Cl)C(=O)N4C3)nccc2c1. The fraction of sp³-hybridized carbons (Fsp3) is 0.625. The van der Waals surface area contributed by atoms with Crippen LogP contribution in [0.5, 0.6) is 11.6 Å². The number of aromatic nitrogens is 1. The Hall–Kier alpha value is -2.87. The number of carbonyl (C=O) groups is 4. The number of halogens is 9. The molecule has 2 saturated carbocycles. The maximum absolute atomic E-state index is 15.7. The minimum absolute atomic E-state index is 0.0334. The molecule has 3 heterocycles. The standard InChI is InChI=1S/C40H46Cl6F3N5O9S/c1-4-15-62-25-9-12-28-23(17-25)13-14-50-32(28)63-26-18-29-31(55)51-36(34(57)52-64(60,61)27-10-11-27)19-24(36)8-6-5-7-21(2)16-22(3)30(33(56)53(29)20-26)54(35(58)59)37(38(41,42)43,39(44,45)46)40(47,48)49/h6,8-9,12-14,17,21-22,24,26-27,29-30H,4-5,7,10-11,15-16,18-20H2,1-3H3,(H,51,55)(H,52,57)(H,58,59)/t21-,22-,24-,26-,29+,30+,36-/m1/s1. The van der Waals surface area contributed by atoms with Crippen molar-refractivity contribution in [3.63, 3.8) is 0 Å². The van der Waals surface area contributed by atoms with Gasteiger partial charge < -0.3 is 24.8 Å². The second kappa shape index (κ2) is 18.7. The molecular formula is C40H46Cl6F3N5O9S. The van der Waals surface area contributed by atoms with E-state index in [-0.39, 0.29) is 25.1 Å². The van der Waals surface area contributed by atoms with Gasteiger partial charge in [0.2, 0.25) is 40.8 Å². The van der Waals surface area contributed by atoms with Gasteiger partial charge in [0, 0.05) is 23.9 Å². The first-order chi connectivity index (χ1) is 29.7. The number of hydrogen-bond donors (Lipinski definition) is 3. The van der Waals surface area contributed by atoms with Crippen molar-refractivity contribution in [1.29, 1.82) is 0 Å². The predicted octanol–water partition coefficient (Wildman–Crippen LogP) is 8.26. The number of nitrogens with zero attached hydrogens (tertiary/aromatic N) is 3. The number of carboxylic acid groups (broad SMARTS) is 1.